The van der Waals surface area contributed by atoms with Gasteiger partial charge < -0.3 is 15.8 Å². The molecule has 0 spiro atoms. The Bertz CT molecular complexity index is 475. The quantitative estimate of drug-likeness (QED) is 0.837. The van der Waals surface area contributed by atoms with E-state index in [1.165, 1.54) is 0 Å². The van der Waals surface area contributed by atoms with Crippen molar-refractivity contribution in [1.82, 2.24) is 10.3 Å². The number of aromatic nitrogens is 1. The van der Waals surface area contributed by atoms with Gasteiger partial charge in [0.05, 0.1) is 5.56 Å². The molecule has 1 heterocycles. The third-order valence-corrected chi connectivity index (χ3v) is 3.98. The number of ether oxygens (including phenoxy) is 1. The number of methoxy groups -OCH3 is 1. The maximum atomic E-state index is 12.1. The second kappa shape index (κ2) is 5.88. The molecule has 0 aliphatic heterocycles. The second-order valence-electron chi connectivity index (χ2n) is 5.01. The van der Waals surface area contributed by atoms with Crippen molar-refractivity contribution < 1.29 is 9.53 Å². The van der Waals surface area contributed by atoms with Crippen LogP contribution in [-0.2, 0) is 4.74 Å². The Morgan fingerprint density at radius 2 is 2.37 bits per heavy atom. The predicted octanol–water partition coefficient (Wildman–Crippen LogP) is 1.97. The number of hydrogen-bond acceptors (Lipinski definition) is 4. The first-order valence-electron chi connectivity index (χ1n) is 6.24. The van der Waals surface area contributed by atoms with Gasteiger partial charge in [0.2, 0.25) is 0 Å². The van der Waals surface area contributed by atoms with Crippen LogP contribution in [0.1, 0.15) is 29.6 Å². The number of carbonyl (C=O) groups excluding carboxylic acids is 1. The van der Waals surface area contributed by atoms with Crippen LogP contribution >= 0.6 is 15.9 Å². The zero-order valence-electron chi connectivity index (χ0n) is 10.9. The average Bonchev–Trinajstić information content (AvgIpc) is 3.17. The Balaban J connectivity index is 1.93. The van der Waals surface area contributed by atoms with Gasteiger partial charge in [0.1, 0.15) is 5.82 Å². The smallest absolute Gasteiger partial charge is 0.255 e. The van der Waals surface area contributed by atoms with E-state index in [-0.39, 0.29) is 17.1 Å². The molecule has 1 aromatic heterocycles. The minimum Gasteiger partial charge on any atom is -0.385 e. The van der Waals surface area contributed by atoms with Gasteiger partial charge in [0.25, 0.3) is 5.91 Å². The molecule has 0 aromatic carbocycles. The van der Waals surface area contributed by atoms with E-state index in [0.717, 1.165) is 30.3 Å². The second-order valence-corrected chi connectivity index (χ2v) is 5.93. The molecule has 5 nitrogen and oxygen atoms in total. The monoisotopic (exact) mass is 327 g/mol. The van der Waals surface area contributed by atoms with Crippen LogP contribution in [-0.4, -0.2) is 31.2 Å². The molecular weight excluding hydrogens is 310 g/mol. The highest BCUT2D eigenvalue weighted by molar-refractivity contribution is 9.10. The topological polar surface area (TPSA) is 77.2 Å². The van der Waals surface area contributed by atoms with Gasteiger partial charge in [-0.3, -0.25) is 4.79 Å². The summed E-state index contributed by atoms with van der Waals surface area (Å²) in [4.78, 5) is 16.0. The fourth-order valence-electron chi connectivity index (χ4n) is 2.01. The van der Waals surface area contributed by atoms with Crippen molar-refractivity contribution in [3.05, 3.63) is 22.3 Å². The summed E-state index contributed by atoms with van der Waals surface area (Å²) in [7, 11) is 1.70. The van der Waals surface area contributed by atoms with Gasteiger partial charge in [-0.15, -0.1) is 0 Å². The molecule has 19 heavy (non-hydrogen) atoms. The molecule has 1 fully saturated rings. The first kappa shape index (κ1) is 14.3. The number of nitrogens with zero attached hydrogens (tertiary/aromatic N) is 1. The van der Waals surface area contributed by atoms with E-state index in [4.69, 9.17) is 10.5 Å². The molecule has 0 radical (unpaired) electrons. The lowest BCUT2D eigenvalue weighted by Crippen LogP contribution is -2.31. The highest BCUT2D eigenvalue weighted by Gasteiger charge is 2.42. The van der Waals surface area contributed by atoms with Crippen molar-refractivity contribution in [1.29, 1.82) is 0 Å². The van der Waals surface area contributed by atoms with Crippen LogP contribution in [0.4, 0.5) is 5.82 Å². The van der Waals surface area contributed by atoms with E-state index < -0.39 is 0 Å². The van der Waals surface area contributed by atoms with Crippen LogP contribution in [0.3, 0.4) is 0 Å². The highest BCUT2D eigenvalue weighted by atomic mass is 79.9. The van der Waals surface area contributed by atoms with E-state index in [2.05, 4.69) is 26.2 Å². The molecule has 0 atom stereocenters. The number of nitrogens with one attached hydrogen (secondary N) is 1. The molecule has 3 N–H and O–H groups in total. The Morgan fingerprint density at radius 1 is 1.63 bits per heavy atom. The van der Waals surface area contributed by atoms with Gasteiger partial charge >= 0.3 is 0 Å². The molecule has 0 unspecified atom stereocenters. The largest absolute Gasteiger partial charge is 0.385 e. The summed E-state index contributed by atoms with van der Waals surface area (Å²) in [6.07, 6.45) is 4.84. The number of rotatable bonds is 6. The lowest BCUT2D eigenvalue weighted by molar-refractivity contribution is 0.0938. The third-order valence-electron chi connectivity index (χ3n) is 3.55. The first-order chi connectivity index (χ1) is 9.06. The number of carbonyl (C=O) groups is 1. The molecule has 6 heteroatoms. The number of hydrogen-bond donors (Lipinski definition) is 2. The van der Waals surface area contributed by atoms with Crippen LogP contribution in [0.15, 0.2) is 16.7 Å². The summed E-state index contributed by atoms with van der Waals surface area (Å²) in [6, 6.07) is 1.69. The number of anilines is 1. The van der Waals surface area contributed by atoms with Gasteiger partial charge in [-0.2, -0.15) is 0 Å². The molecule has 2 rings (SSSR count). The lowest BCUT2D eigenvalue weighted by Gasteiger charge is -2.15. The fourth-order valence-corrected chi connectivity index (χ4v) is 2.34. The van der Waals surface area contributed by atoms with Crippen LogP contribution in [0.5, 0.6) is 0 Å². The highest BCUT2D eigenvalue weighted by Crippen LogP contribution is 2.48. The van der Waals surface area contributed by atoms with E-state index >= 15 is 0 Å². The maximum Gasteiger partial charge on any atom is 0.255 e. The Kier molecular flexibility index (Phi) is 4.42. The Labute approximate surface area is 121 Å². The molecular formula is C13H18BrN3O2. The molecule has 104 valence electrons. The van der Waals surface area contributed by atoms with Gasteiger partial charge in [0, 0.05) is 30.9 Å². The van der Waals surface area contributed by atoms with Crippen molar-refractivity contribution >= 4 is 27.7 Å². The van der Waals surface area contributed by atoms with E-state index in [9.17, 15) is 4.79 Å². The number of amides is 1. The van der Waals surface area contributed by atoms with Crippen LogP contribution in [0, 0.1) is 5.41 Å². The molecule has 0 bridgehead atoms. The van der Waals surface area contributed by atoms with E-state index in [1.54, 1.807) is 19.4 Å². The van der Waals surface area contributed by atoms with Gasteiger partial charge in [-0.05, 0) is 46.7 Å². The Hall–Kier alpha value is -1.14. The minimum absolute atomic E-state index is 0.171. The average molecular weight is 328 g/mol. The van der Waals surface area contributed by atoms with Gasteiger partial charge in [0.15, 0.2) is 0 Å². The van der Waals surface area contributed by atoms with Crippen LogP contribution in [0.25, 0.3) is 0 Å². The summed E-state index contributed by atoms with van der Waals surface area (Å²) in [5.41, 5.74) is 6.35. The Morgan fingerprint density at radius 3 is 3.00 bits per heavy atom. The normalized spacial score (nSPS) is 16.1. The van der Waals surface area contributed by atoms with Crippen LogP contribution < -0.4 is 11.1 Å². The summed E-state index contributed by atoms with van der Waals surface area (Å²) >= 11 is 3.29. The van der Waals surface area contributed by atoms with E-state index in [1.807, 2.05) is 0 Å². The number of halogens is 1. The molecule has 1 aromatic rings. The van der Waals surface area contributed by atoms with Crippen LogP contribution in [0.2, 0.25) is 0 Å². The summed E-state index contributed by atoms with van der Waals surface area (Å²) in [6.45, 7) is 1.40. The summed E-state index contributed by atoms with van der Waals surface area (Å²) < 4.78 is 5.84. The molecule has 0 saturated heterocycles. The summed E-state index contributed by atoms with van der Waals surface area (Å²) in [5.74, 6) is 0.0810. The number of pyridine rings is 1. The fraction of sp³-hybridized carbons (Fsp3) is 0.538. The first-order valence-corrected chi connectivity index (χ1v) is 7.04. The molecule has 1 saturated carbocycles. The van der Waals surface area contributed by atoms with Crippen molar-refractivity contribution in [3.63, 3.8) is 0 Å². The third kappa shape index (κ3) is 3.67. The van der Waals surface area contributed by atoms with Crippen molar-refractivity contribution in [2.45, 2.75) is 19.3 Å². The zero-order valence-corrected chi connectivity index (χ0v) is 12.5. The number of nitrogens with two attached hydrogens (primary N) is 1. The number of nitrogen functional groups attached to an aromatic ring is 1. The predicted molar refractivity (Wildman–Crippen MR) is 76.8 cm³/mol. The van der Waals surface area contributed by atoms with Crippen molar-refractivity contribution in [3.8, 4) is 0 Å². The minimum atomic E-state index is -0.171. The van der Waals surface area contributed by atoms with Crippen molar-refractivity contribution in [2.24, 2.45) is 5.41 Å². The SMILES string of the molecule is COCCC1(CNC(=O)c2cc(Br)cnc2N)CC1. The lowest BCUT2D eigenvalue weighted by atomic mass is 10.0. The molecule has 1 aliphatic rings. The van der Waals surface area contributed by atoms with Gasteiger partial charge in [-0.25, -0.2) is 4.98 Å². The standard InChI is InChI=1S/C13H18BrN3O2/c1-19-5-4-13(2-3-13)8-17-12(18)10-6-9(14)7-16-11(10)15/h6-7H,2-5,8H2,1H3,(H2,15,16)(H,17,18). The zero-order chi connectivity index (χ0) is 13.9. The summed E-state index contributed by atoms with van der Waals surface area (Å²) in [5, 5.41) is 2.94. The van der Waals surface area contributed by atoms with Crippen molar-refractivity contribution in [2.75, 3.05) is 26.0 Å². The van der Waals surface area contributed by atoms with E-state index in [0.29, 0.717) is 12.1 Å². The molecule has 1 amide bonds. The maximum absolute atomic E-state index is 12.1. The molecule has 1 aliphatic carbocycles. The van der Waals surface area contributed by atoms with Gasteiger partial charge in [-0.1, -0.05) is 0 Å².